The Morgan fingerprint density at radius 3 is 2.94 bits per heavy atom. The quantitative estimate of drug-likeness (QED) is 0.848. The topological polar surface area (TPSA) is 67.2 Å². The number of nitrogens with one attached hydrogen (secondary N) is 1. The summed E-state index contributed by atoms with van der Waals surface area (Å²) in [7, 11) is 1.51. The Kier molecular flexibility index (Phi) is 3.38. The molecule has 0 saturated carbocycles. The van der Waals surface area contributed by atoms with Gasteiger partial charge in [-0.1, -0.05) is 0 Å². The number of aliphatic hydroxyl groups excluding tert-OH is 1. The minimum Gasteiger partial charge on any atom is -0.392 e. The molecular formula is C12H12FN3O2. The molecule has 0 bridgehead atoms. The molecule has 0 radical (unpaired) electrons. The third-order valence-electron chi connectivity index (χ3n) is 2.51. The summed E-state index contributed by atoms with van der Waals surface area (Å²) in [5, 5.41) is 15.7. The summed E-state index contributed by atoms with van der Waals surface area (Å²) >= 11 is 0. The van der Waals surface area contributed by atoms with E-state index in [-0.39, 0.29) is 18.2 Å². The highest BCUT2D eigenvalue weighted by molar-refractivity contribution is 5.91. The molecule has 1 heterocycles. The first kappa shape index (κ1) is 12.3. The van der Waals surface area contributed by atoms with Crippen LogP contribution in [-0.4, -0.2) is 27.8 Å². The maximum atomic E-state index is 13.0. The van der Waals surface area contributed by atoms with Crippen LogP contribution in [0, 0.1) is 5.82 Å². The Balaban J connectivity index is 2.42. The second-order valence-electron chi connectivity index (χ2n) is 3.66. The first-order valence-electron chi connectivity index (χ1n) is 5.33. The van der Waals surface area contributed by atoms with E-state index in [1.54, 1.807) is 12.3 Å². The van der Waals surface area contributed by atoms with Crippen molar-refractivity contribution in [1.82, 2.24) is 15.1 Å². The minimum atomic E-state index is -0.429. The van der Waals surface area contributed by atoms with Gasteiger partial charge in [-0.2, -0.15) is 5.10 Å². The number of amides is 1. The minimum absolute atomic E-state index is 0.255. The van der Waals surface area contributed by atoms with E-state index in [1.807, 2.05) is 0 Å². The summed E-state index contributed by atoms with van der Waals surface area (Å²) in [6.07, 6.45) is 1.58. The van der Waals surface area contributed by atoms with E-state index >= 15 is 0 Å². The molecule has 2 aromatic rings. The van der Waals surface area contributed by atoms with E-state index in [2.05, 4.69) is 10.4 Å². The van der Waals surface area contributed by atoms with Crippen molar-refractivity contribution in [1.29, 1.82) is 0 Å². The van der Waals surface area contributed by atoms with Crippen LogP contribution in [0.15, 0.2) is 30.5 Å². The average Bonchev–Trinajstić information content (AvgIpc) is 2.87. The van der Waals surface area contributed by atoms with Crippen LogP contribution in [0.1, 0.15) is 16.1 Å². The van der Waals surface area contributed by atoms with Gasteiger partial charge < -0.3 is 10.4 Å². The zero-order valence-electron chi connectivity index (χ0n) is 9.72. The van der Waals surface area contributed by atoms with Gasteiger partial charge in [-0.3, -0.25) is 4.79 Å². The zero-order valence-corrected chi connectivity index (χ0v) is 9.72. The van der Waals surface area contributed by atoms with Crippen molar-refractivity contribution >= 4 is 5.91 Å². The van der Waals surface area contributed by atoms with Crippen LogP contribution >= 0.6 is 0 Å². The van der Waals surface area contributed by atoms with Crippen molar-refractivity contribution in [3.8, 4) is 5.69 Å². The van der Waals surface area contributed by atoms with Crippen molar-refractivity contribution in [2.75, 3.05) is 7.05 Å². The second-order valence-corrected chi connectivity index (χ2v) is 3.66. The zero-order chi connectivity index (χ0) is 13.1. The third kappa shape index (κ3) is 2.23. The van der Waals surface area contributed by atoms with Crippen LogP contribution < -0.4 is 5.32 Å². The van der Waals surface area contributed by atoms with Gasteiger partial charge in [0, 0.05) is 18.8 Å². The number of halogens is 1. The molecule has 1 amide bonds. The lowest BCUT2D eigenvalue weighted by molar-refractivity contribution is 0.0957. The number of aliphatic hydroxyl groups is 1. The van der Waals surface area contributed by atoms with Crippen LogP contribution in [0.3, 0.4) is 0 Å². The van der Waals surface area contributed by atoms with Crippen LogP contribution in [0.5, 0.6) is 0 Å². The maximum absolute atomic E-state index is 13.0. The molecule has 1 aromatic heterocycles. The van der Waals surface area contributed by atoms with Gasteiger partial charge in [0.25, 0.3) is 5.91 Å². The lowest BCUT2D eigenvalue weighted by Gasteiger charge is -2.07. The van der Waals surface area contributed by atoms with Crippen LogP contribution in [-0.2, 0) is 6.61 Å². The number of carbonyl (C=O) groups excluding carboxylic acids is 1. The predicted molar refractivity (Wildman–Crippen MR) is 62.8 cm³/mol. The normalized spacial score (nSPS) is 10.4. The summed E-state index contributed by atoms with van der Waals surface area (Å²) in [6, 6.07) is 5.55. The molecule has 5 nitrogen and oxygen atoms in total. The van der Waals surface area contributed by atoms with Gasteiger partial charge in [-0.15, -0.1) is 0 Å². The SMILES string of the molecule is CNC(=O)c1ccn(-c2ccc(F)cc2CO)n1. The van der Waals surface area contributed by atoms with Crippen molar-refractivity contribution < 1.29 is 14.3 Å². The van der Waals surface area contributed by atoms with E-state index in [4.69, 9.17) is 0 Å². The average molecular weight is 249 g/mol. The first-order valence-corrected chi connectivity index (χ1v) is 5.33. The van der Waals surface area contributed by atoms with Gasteiger partial charge in [-0.05, 0) is 24.3 Å². The Hall–Kier alpha value is -2.21. The number of rotatable bonds is 3. The summed E-state index contributed by atoms with van der Waals surface area (Å²) in [4.78, 5) is 11.4. The number of hydrogen-bond donors (Lipinski definition) is 2. The largest absolute Gasteiger partial charge is 0.392 e. The number of benzene rings is 1. The maximum Gasteiger partial charge on any atom is 0.271 e. The molecule has 2 rings (SSSR count). The van der Waals surface area contributed by atoms with Crippen molar-refractivity contribution in [2.45, 2.75) is 6.61 Å². The van der Waals surface area contributed by atoms with Gasteiger partial charge >= 0.3 is 0 Å². The van der Waals surface area contributed by atoms with Gasteiger partial charge in [0.1, 0.15) is 5.82 Å². The van der Waals surface area contributed by atoms with Crippen molar-refractivity contribution in [3.05, 3.63) is 47.5 Å². The molecule has 1 aromatic carbocycles. The molecule has 0 aliphatic heterocycles. The molecule has 0 spiro atoms. The highest BCUT2D eigenvalue weighted by atomic mass is 19.1. The monoisotopic (exact) mass is 249 g/mol. The first-order chi connectivity index (χ1) is 8.65. The molecule has 0 fully saturated rings. The highest BCUT2D eigenvalue weighted by Crippen LogP contribution is 2.16. The van der Waals surface area contributed by atoms with Crippen LogP contribution in [0.2, 0.25) is 0 Å². The van der Waals surface area contributed by atoms with E-state index in [9.17, 15) is 14.3 Å². The predicted octanol–water partition coefficient (Wildman–Crippen LogP) is 0.863. The van der Waals surface area contributed by atoms with Crippen molar-refractivity contribution in [3.63, 3.8) is 0 Å². The molecule has 0 saturated heterocycles. The third-order valence-corrected chi connectivity index (χ3v) is 2.51. The fourth-order valence-electron chi connectivity index (χ4n) is 1.61. The van der Waals surface area contributed by atoms with Gasteiger partial charge in [0.15, 0.2) is 5.69 Å². The Labute approximate surface area is 103 Å². The Bertz CT molecular complexity index is 580. The van der Waals surface area contributed by atoms with Crippen LogP contribution in [0.4, 0.5) is 4.39 Å². The fraction of sp³-hybridized carbons (Fsp3) is 0.167. The lowest BCUT2D eigenvalue weighted by atomic mass is 10.2. The Morgan fingerprint density at radius 2 is 2.28 bits per heavy atom. The van der Waals surface area contributed by atoms with E-state index in [0.29, 0.717) is 11.3 Å². The number of nitrogens with zero attached hydrogens (tertiary/aromatic N) is 2. The lowest BCUT2D eigenvalue weighted by Crippen LogP contribution is -2.18. The number of carbonyl (C=O) groups is 1. The molecule has 0 aliphatic carbocycles. The van der Waals surface area contributed by atoms with Crippen LogP contribution in [0.25, 0.3) is 5.69 Å². The summed E-state index contributed by atoms with van der Waals surface area (Å²) in [5.74, 6) is -0.733. The van der Waals surface area contributed by atoms with Crippen molar-refractivity contribution in [2.24, 2.45) is 0 Å². The smallest absolute Gasteiger partial charge is 0.271 e. The van der Waals surface area contributed by atoms with E-state index in [1.165, 1.54) is 29.9 Å². The molecule has 18 heavy (non-hydrogen) atoms. The summed E-state index contributed by atoms with van der Waals surface area (Å²) in [6.45, 7) is -0.303. The molecule has 0 aliphatic rings. The standard InChI is InChI=1S/C12H12FN3O2/c1-14-12(18)10-4-5-16(15-10)11-3-2-9(13)6-8(11)7-17/h2-6,17H,7H2,1H3,(H,14,18). The van der Waals surface area contributed by atoms with Gasteiger partial charge in [-0.25, -0.2) is 9.07 Å². The number of aromatic nitrogens is 2. The molecule has 0 atom stereocenters. The Morgan fingerprint density at radius 1 is 1.50 bits per heavy atom. The summed E-state index contributed by atoms with van der Waals surface area (Å²) in [5.41, 5.74) is 1.20. The summed E-state index contributed by atoms with van der Waals surface area (Å²) < 4.78 is 14.5. The van der Waals surface area contributed by atoms with Gasteiger partial charge in [0.2, 0.25) is 0 Å². The van der Waals surface area contributed by atoms with E-state index in [0.717, 1.165) is 0 Å². The molecule has 0 unspecified atom stereocenters. The molecule has 94 valence electrons. The number of hydrogen-bond acceptors (Lipinski definition) is 3. The molecule has 2 N–H and O–H groups in total. The molecular weight excluding hydrogens is 237 g/mol. The molecule has 6 heteroatoms. The highest BCUT2D eigenvalue weighted by Gasteiger charge is 2.10. The van der Waals surface area contributed by atoms with E-state index < -0.39 is 5.82 Å². The van der Waals surface area contributed by atoms with Gasteiger partial charge in [0.05, 0.1) is 12.3 Å². The second kappa shape index (κ2) is 4.97. The fourth-order valence-corrected chi connectivity index (χ4v) is 1.61.